The first kappa shape index (κ1) is 18.3. The molecule has 0 spiro atoms. The number of aliphatic carboxylic acids is 1. The van der Waals surface area contributed by atoms with Crippen molar-refractivity contribution in [3.05, 3.63) is 64.1 Å². The Hall–Kier alpha value is -2.04. The molecule has 2 aromatic carbocycles. The van der Waals surface area contributed by atoms with Gasteiger partial charge in [-0.2, -0.15) is 0 Å². The maximum Gasteiger partial charge on any atom is 0.228 e. The van der Waals surface area contributed by atoms with Crippen LogP contribution in [0, 0.1) is 5.92 Å². The van der Waals surface area contributed by atoms with Crippen molar-refractivity contribution < 1.29 is 14.7 Å². The summed E-state index contributed by atoms with van der Waals surface area (Å²) in [7, 11) is 0. The fourth-order valence-corrected chi connectivity index (χ4v) is 2.77. The number of carbonyl (C=O) groups is 2. The molecule has 2 rings (SSSR count). The van der Waals surface area contributed by atoms with E-state index in [0.717, 1.165) is 5.56 Å². The van der Waals surface area contributed by atoms with E-state index in [9.17, 15) is 14.7 Å². The van der Waals surface area contributed by atoms with Crippen LogP contribution in [0.15, 0.2) is 48.5 Å². The summed E-state index contributed by atoms with van der Waals surface area (Å²) >= 11 is 11.8. The van der Waals surface area contributed by atoms with E-state index in [4.69, 9.17) is 23.2 Å². The first-order valence-electron chi connectivity index (χ1n) is 7.39. The molecule has 0 saturated heterocycles. The third-order valence-corrected chi connectivity index (χ3v) is 4.58. The summed E-state index contributed by atoms with van der Waals surface area (Å²) < 4.78 is 0. The molecule has 0 aliphatic heterocycles. The Balaban J connectivity index is 2.21. The summed E-state index contributed by atoms with van der Waals surface area (Å²) in [6, 6.07) is 14.0. The van der Waals surface area contributed by atoms with Crippen molar-refractivity contribution in [3.8, 4) is 0 Å². The molecule has 2 atom stereocenters. The van der Waals surface area contributed by atoms with Crippen LogP contribution in [0.3, 0.4) is 0 Å². The number of rotatable bonds is 6. The van der Waals surface area contributed by atoms with E-state index in [2.05, 4.69) is 5.32 Å². The van der Waals surface area contributed by atoms with Crippen molar-refractivity contribution in [2.75, 3.05) is 5.32 Å². The lowest BCUT2D eigenvalue weighted by Gasteiger charge is -2.24. The van der Waals surface area contributed by atoms with Gasteiger partial charge in [-0.05, 0) is 36.1 Å². The second-order valence-electron chi connectivity index (χ2n) is 5.50. The van der Waals surface area contributed by atoms with Crippen molar-refractivity contribution >= 4 is 40.8 Å². The van der Waals surface area contributed by atoms with Crippen molar-refractivity contribution in [1.29, 1.82) is 0 Å². The van der Waals surface area contributed by atoms with Gasteiger partial charge in [-0.1, -0.05) is 60.5 Å². The average Bonchev–Trinajstić information content (AvgIpc) is 2.56. The zero-order chi connectivity index (χ0) is 17.7. The summed E-state index contributed by atoms with van der Waals surface area (Å²) in [5.74, 6) is -2.74. The number of halogens is 2. The number of amides is 1. The summed E-state index contributed by atoms with van der Waals surface area (Å²) in [5, 5.41) is 14.4. The molecule has 126 valence electrons. The SMILES string of the molecule is C[C@H](c1ccccc1)[C@@H](CC(=O)[O-])C(=O)Nc1ccc(Cl)c(Cl)c1. The molecule has 0 saturated carbocycles. The fourth-order valence-electron chi connectivity index (χ4n) is 2.47. The lowest BCUT2D eigenvalue weighted by molar-refractivity contribution is -0.306. The summed E-state index contributed by atoms with van der Waals surface area (Å²) in [5.41, 5.74) is 1.34. The van der Waals surface area contributed by atoms with Gasteiger partial charge in [0.2, 0.25) is 5.91 Å². The predicted octanol–water partition coefficient (Wildman–Crippen LogP) is 3.49. The maximum atomic E-state index is 12.6. The van der Waals surface area contributed by atoms with Crippen LogP contribution < -0.4 is 10.4 Å². The Labute approximate surface area is 150 Å². The van der Waals surface area contributed by atoms with Gasteiger partial charge in [0, 0.05) is 11.7 Å². The molecule has 0 aliphatic carbocycles. The zero-order valence-electron chi connectivity index (χ0n) is 13.0. The average molecular weight is 365 g/mol. The van der Waals surface area contributed by atoms with Crippen molar-refractivity contribution in [2.24, 2.45) is 5.92 Å². The quantitative estimate of drug-likeness (QED) is 0.852. The second kappa shape index (κ2) is 8.18. The normalized spacial score (nSPS) is 13.1. The zero-order valence-corrected chi connectivity index (χ0v) is 14.5. The van der Waals surface area contributed by atoms with Crippen molar-refractivity contribution in [2.45, 2.75) is 19.3 Å². The lowest BCUT2D eigenvalue weighted by atomic mass is 9.84. The molecule has 1 N–H and O–H groups in total. The molecule has 2 aromatic rings. The van der Waals surface area contributed by atoms with Crippen LogP contribution in [0.2, 0.25) is 10.0 Å². The van der Waals surface area contributed by atoms with Crippen LogP contribution in [0.5, 0.6) is 0 Å². The summed E-state index contributed by atoms with van der Waals surface area (Å²) in [4.78, 5) is 23.7. The smallest absolute Gasteiger partial charge is 0.228 e. The second-order valence-corrected chi connectivity index (χ2v) is 6.31. The highest BCUT2D eigenvalue weighted by Crippen LogP contribution is 2.29. The van der Waals surface area contributed by atoms with Gasteiger partial charge in [0.25, 0.3) is 0 Å². The van der Waals surface area contributed by atoms with E-state index in [0.29, 0.717) is 15.7 Å². The van der Waals surface area contributed by atoms with Gasteiger partial charge in [-0.25, -0.2) is 0 Å². The van der Waals surface area contributed by atoms with Gasteiger partial charge in [0.05, 0.1) is 16.0 Å². The van der Waals surface area contributed by atoms with Gasteiger partial charge in [0.1, 0.15) is 0 Å². The standard InChI is InChI=1S/C18H17Cl2NO3/c1-11(12-5-3-2-4-6-12)14(10-17(22)23)18(24)21-13-7-8-15(19)16(20)9-13/h2-9,11,14H,10H2,1H3,(H,21,24)(H,22,23)/p-1/t11-,14-/m1/s1. The van der Waals surface area contributed by atoms with E-state index in [1.807, 2.05) is 37.3 Å². The van der Waals surface area contributed by atoms with E-state index < -0.39 is 17.8 Å². The van der Waals surface area contributed by atoms with Crippen LogP contribution in [0.4, 0.5) is 5.69 Å². The number of nitrogens with one attached hydrogen (secondary N) is 1. The molecule has 0 bridgehead atoms. The Morgan fingerprint density at radius 3 is 2.33 bits per heavy atom. The van der Waals surface area contributed by atoms with E-state index in [1.54, 1.807) is 12.1 Å². The Bertz CT molecular complexity index is 734. The molecule has 0 radical (unpaired) electrons. The number of benzene rings is 2. The lowest BCUT2D eigenvalue weighted by Crippen LogP contribution is -2.34. The third-order valence-electron chi connectivity index (χ3n) is 3.84. The first-order chi connectivity index (χ1) is 11.4. The monoisotopic (exact) mass is 364 g/mol. The number of carboxylic acid groups (broad SMARTS) is 1. The molecule has 0 unspecified atom stereocenters. The molecule has 0 aromatic heterocycles. The Morgan fingerprint density at radius 1 is 1.08 bits per heavy atom. The first-order valence-corrected chi connectivity index (χ1v) is 8.14. The molecule has 0 aliphatic rings. The van der Waals surface area contributed by atoms with Gasteiger partial charge >= 0.3 is 0 Å². The Morgan fingerprint density at radius 2 is 1.75 bits per heavy atom. The largest absolute Gasteiger partial charge is 0.550 e. The molecule has 1 amide bonds. The minimum atomic E-state index is -1.27. The number of anilines is 1. The number of hydrogen-bond donors (Lipinski definition) is 1. The van der Waals surface area contributed by atoms with Gasteiger partial charge in [-0.3, -0.25) is 4.79 Å². The predicted molar refractivity (Wildman–Crippen MR) is 93.1 cm³/mol. The van der Waals surface area contributed by atoms with Gasteiger partial charge < -0.3 is 15.2 Å². The fraction of sp³-hybridized carbons (Fsp3) is 0.222. The van der Waals surface area contributed by atoms with Crippen molar-refractivity contribution in [1.82, 2.24) is 0 Å². The molecule has 0 heterocycles. The minimum absolute atomic E-state index is 0.285. The highest BCUT2D eigenvalue weighted by Gasteiger charge is 2.26. The van der Waals surface area contributed by atoms with Crippen LogP contribution in [0.25, 0.3) is 0 Å². The van der Waals surface area contributed by atoms with Gasteiger partial charge in [0.15, 0.2) is 0 Å². The topological polar surface area (TPSA) is 69.2 Å². The van der Waals surface area contributed by atoms with Crippen LogP contribution in [0.1, 0.15) is 24.8 Å². The minimum Gasteiger partial charge on any atom is -0.550 e. The molecule has 6 heteroatoms. The molecule has 4 nitrogen and oxygen atoms in total. The number of carbonyl (C=O) groups excluding carboxylic acids is 2. The van der Waals surface area contributed by atoms with Crippen LogP contribution in [-0.2, 0) is 9.59 Å². The van der Waals surface area contributed by atoms with Crippen LogP contribution in [-0.4, -0.2) is 11.9 Å². The molecule has 24 heavy (non-hydrogen) atoms. The Kier molecular flexibility index (Phi) is 6.23. The van der Waals surface area contributed by atoms with E-state index in [1.165, 1.54) is 6.07 Å². The van der Waals surface area contributed by atoms with Gasteiger partial charge in [-0.15, -0.1) is 0 Å². The third kappa shape index (κ3) is 4.73. The molecule has 0 fully saturated rings. The maximum absolute atomic E-state index is 12.6. The van der Waals surface area contributed by atoms with E-state index in [-0.39, 0.29) is 12.3 Å². The highest BCUT2D eigenvalue weighted by molar-refractivity contribution is 6.42. The van der Waals surface area contributed by atoms with E-state index >= 15 is 0 Å². The summed E-state index contributed by atoms with van der Waals surface area (Å²) in [6.45, 7) is 1.82. The highest BCUT2D eigenvalue weighted by atomic mass is 35.5. The molecular weight excluding hydrogens is 349 g/mol. The summed E-state index contributed by atoms with van der Waals surface area (Å²) in [6.07, 6.45) is -0.372. The van der Waals surface area contributed by atoms with Crippen molar-refractivity contribution in [3.63, 3.8) is 0 Å². The molecular formula is C18H16Cl2NO3-. The van der Waals surface area contributed by atoms with Crippen LogP contribution >= 0.6 is 23.2 Å². The number of carboxylic acids is 1. The number of hydrogen-bond acceptors (Lipinski definition) is 3.